The fraction of sp³-hybridized carbons (Fsp3) is 0.600. The van der Waals surface area contributed by atoms with Crippen molar-refractivity contribution in [2.75, 3.05) is 25.9 Å². The molecule has 2 heterocycles. The number of hydrogen-bond acceptors (Lipinski definition) is 5. The van der Waals surface area contributed by atoms with E-state index in [9.17, 15) is 8.42 Å². The van der Waals surface area contributed by atoms with Crippen LogP contribution in [0, 0.1) is 5.92 Å². The largest absolute Gasteiger partial charge is 0.464 e. The standard InChI is InChI=1S/C20H30N2O3S.ClH/c1-4-22(20(26(3,23)24)17-7-10-21-11-8-17)15(2)13-16-5-6-19-18(14-16)9-12-25-19;/h5-6,9,12,14-15,17,20-21H,4,7-8,10-11,13H2,1-3H3;1H. The summed E-state index contributed by atoms with van der Waals surface area (Å²) in [6, 6.07) is 8.34. The van der Waals surface area contributed by atoms with Crippen molar-refractivity contribution >= 4 is 33.2 Å². The van der Waals surface area contributed by atoms with E-state index in [-0.39, 0.29) is 24.4 Å². The van der Waals surface area contributed by atoms with E-state index in [1.807, 2.05) is 12.1 Å². The maximum Gasteiger partial charge on any atom is 0.163 e. The number of nitrogens with one attached hydrogen (secondary N) is 1. The Kier molecular flexibility index (Phi) is 7.74. The Balaban J connectivity index is 0.00000261. The number of benzene rings is 1. The Labute approximate surface area is 168 Å². The molecular weight excluding hydrogens is 384 g/mol. The van der Waals surface area contributed by atoms with Gasteiger partial charge in [0.25, 0.3) is 0 Å². The molecule has 0 amide bonds. The van der Waals surface area contributed by atoms with Gasteiger partial charge in [-0.2, -0.15) is 0 Å². The van der Waals surface area contributed by atoms with Crippen LogP contribution in [0.15, 0.2) is 34.9 Å². The van der Waals surface area contributed by atoms with Gasteiger partial charge in [-0.25, -0.2) is 8.42 Å². The molecule has 1 aliphatic rings. The number of piperidine rings is 1. The molecular formula is C20H31ClN2O3S. The average Bonchev–Trinajstić information content (AvgIpc) is 3.06. The lowest BCUT2D eigenvalue weighted by molar-refractivity contribution is 0.138. The van der Waals surface area contributed by atoms with Gasteiger partial charge in [-0.1, -0.05) is 13.0 Å². The molecule has 0 spiro atoms. The minimum Gasteiger partial charge on any atom is -0.464 e. The van der Waals surface area contributed by atoms with Crippen LogP contribution < -0.4 is 5.32 Å². The van der Waals surface area contributed by atoms with Crippen molar-refractivity contribution < 1.29 is 12.8 Å². The highest BCUT2D eigenvalue weighted by molar-refractivity contribution is 7.91. The number of hydrogen-bond donors (Lipinski definition) is 1. The number of fused-ring (bicyclic) bond motifs is 1. The van der Waals surface area contributed by atoms with E-state index in [1.54, 1.807) is 6.26 Å². The molecule has 0 bridgehead atoms. The van der Waals surface area contributed by atoms with Crippen molar-refractivity contribution in [3.63, 3.8) is 0 Å². The van der Waals surface area contributed by atoms with Gasteiger partial charge in [0.2, 0.25) is 0 Å². The maximum absolute atomic E-state index is 12.7. The van der Waals surface area contributed by atoms with Crippen LogP contribution in [0.4, 0.5) is 0 Å². The number of halogens is 1. The van der Waals surface area contributed by atoms with Gasteiger partial charge in [0.15, 0.2) is 9.84 Å². The predicted octanol–water partition coefficient (Wildman–Crippen LogP) is 3.48. The molecule has 7 heteroatoms. The molecule has 0 saturated carbocycles. The van der Waals surface area contributed by atoms with Crippen molar-refractivity contribution in [2.45, 2.75) is 44.5 Å². The summed E-state index contributed by atoms with van der Waals surface area (Å²) in [5, 5.41) is 4.03. The predicted molar refractivity (Wildman–Crippen MR) is 113 cm³/mol. The van der Waals surface area contributed by atoms with Gasteiger partial charge < -0.3 is 9.73 Å². The minimum atomic E-state index is -3.16. The van der Waals surface area contributed by atoms with Gasteiger partial charge in [-0.15, -0.1) is 12.4 Å². The highest BCUT2D eigenvalue weighted by atomic mass is 35.5. The number of sulfone groups is 1. The smallest absolute Gasteiger partial charge is 0.163 e. The van der Waals surface area contributed by atoms with Gasteiger partial charge in [0.05, 0.1) is 6.26 Å². The molecule has 0 radical (unpaired) electrons. The molecule has 2 atom stereocenters. The minimum absolute atomic E-state index is 0. The molecule has 1 N–H and O–H groups in total. The molecule has 5 nitrogen and oxygen atoms in total. The third kappa shape index (κ3) is 5.25. The number of rotatable bonds is 7. The molecule has 1 fully saturated rings. The second-order valence-electron chi connectivity index (χ2n) is 7.48. The maximum atomic E-state index is 12.7. The zero-order chi connectivity index (χ0) is 18.7. The second-order valence-corrected chi connectivity index (χ2v) is 9.63. The highest BCUT2D eigenvalue weighted by Gasteiger charge is 2.37. The van der Waals surface area contributed by atoms with E-state index in [0.717, 1.165) is 49.9 Å². The molecule has 0 aliphatic carbocycles. The lowest BCUT2D eigenvalue weighted by Gasteiger charge is -2.40. The molecule has 3 rings (SSSR count). The van der Waals surface area contributed by atoms with Crippen molar-refractivity contribution in [1.29, 1.82) is 0 Å². The first kappa shape index (κ1) is 22.2. The Morgan fingerprint density at radius 3 is 2.59 bits per heavy atom. The van der Waals surface area contributed by atoms with E-state index < -0.39 is 15.2 Å². The first-order valence-electron chi connectivity index (χ1n) is 9.51. The molecule has 1 aliphatic heterocycles. The summed E-state index contributed by atoms with van der Waals surface area (Å²) < 4.78 is 30.7. The zero-order valence-corrected chi connectivity index (χ0v) is 18.0. The number of likely N-dealkylation sites (N-methyl/N-ethyl adjacent to an activating group) is 1. The third-order valence-corrected chi connectivity index (χ3v) is 7.06. The van der Waals surface area contributed by atoms with E-state index in [0.29, 0.717) is 0 Å². The first-order valence-corrected chi connectivity index (χ1v) is 11.5. The Morgan fingerprint density at radius 2 is 1.96 bits per heavy atom. The van der Waals surface area contributed by atoms with Crippen LogP contribution in [-0.2, 0) is 16.3 Å². The average molecular weight is 415 g/mol. The van der Waals surface area contributed by atoms with Crippen LogP contribution in [0.2, 0.25) is 0 Å². The Bertz CT molecular complexity index is 831. The summed E-state index contributed by atoms with van der Waals surface area (Å²) in [7, 11) is -3.16. The van der Waals surface area contributed by atoms with Gasteiger partial charge in [0.1, 0.15) is 11.0 Å². The van der Waals surface area contributed by atoms with Crippen LogP contribution in [0.1, 0.15) is 32.3 Å². The summed E-state index contributed by atoms with van der Waals surface area (Å²) in [6.45, 7) is 6.74. The molecule has 27 heavy (non-hydrogen) atoms. The lowest BCUT2D eigenvalue weighted by Crippen LogP contribution is -2.52. The number of nitrogens with zero attached hydrogens (tertiary/aromatic N) is 1. The summed E-state index contributed by atoms with van der Waals surface area (Å²) in [5.41, 5.74) is 2.10. The normalized spacial score (nSPS) is 18.4. The molecule has 1 aromatic heterocycles. The van der Waals surface area contributed by atoms with Crippen LogP contribution >= 0.6 is 12.4 Å². The van der Waals surface area contributed by atoms with Crippen LogP contribution in [0.3, 0.4) is 0 Å². The monoisotopic (exact) mass is 414 g/mol. The topological polar surface area (TPSA) is 62.6 Å². The Hall–Kier alpha value is -1.08. The summed E-state index contributed by atoms with van der Waals surface area (Å²) in [5.74, 6) is 0.199. The van der Waals surface area contributed by atoms with Crippen LogP contribution in [0.5, 0.6) is 0 Å². The number of furan rings is 1. The summed E-state index contributed by atoms with van der Waals surface area (Å²) in [6.07, 6.45) is 5.76. The molecule has 1 aromatic carbocycles. The second kappa shape index (κ2) is 9.41. The van der Waals surface area contributed by atoms with E-state index in [4.69, 9.17) is 4.42 Å². The molecule has 1 saturated heterocycles. The van der Waals surface area contributed by atoms with Gasteiger partial charge in [-0.3, -0.25) is 4.90 Å². The van der Waals surface area contributed by atoms with E-state index >= 15 is 0 Å². The molecule has 2 unspecified atom stereocenters. The summed E-state index contributed by atoms with van der Waals surface area (Å²) in [4.78, 5) is 2.19. The van der Waals surface area contributed by atoms with Crippen molar-refractivity contribution in [1.82, 2.24) is 10.2 Å². The molecule has 2 aromatic rings. The van der Waals surface area contributed by atoms with E-state index in [2.05, 4.69) is 36.2 Å². The third-order valence-electron chi connectivity index (χ3n) is 5.53. The van der Waals surface area contributed by atoms with Crippen LogP contribution in [0.25, 0.3) is 11.0 Å². The van der Waals surface area contributed by atoms with Crippen molar-refractivity contribution in [3.8, 4) is 0 Å². The van der Waals surface area contributed by atoms with Gasteiger partial charge >= 0.3 is 0 Å². The highest BCUT2D eigenvalue weighted by Crippen LogP contribution is 2.28. The zero-order valence-electron chi connectivity index (χ0n) is 16.3. The fourth-order valence-electron chi connectivity index (χ4n) is 4.34. The quantitative estimate of drug-likeness (QED) is 0.751. The van der Waals surface area contributed by atoms with Crippen LogP contribution in [-0.4, -0.2) is 50.6 Å². The summed E-state index contributed by atoms with van der Waals surface area (Å²) >= 11 is 0. The van der Waals surface area contributed by atoms with Crippen molar-refractivity contribution in [3.05, 3.63) is 36.1 Å². The SMILES string of the molecule is CCN(C(C)Cc1ccc2occc2c1)C(C1CCNCC1)S(C)(=O)=O.Cl. The Morgan fingerprint density at radius 1 is 1.26 bits per heavy atom. The first-order chi connectivity index (χ1) is 12.4. The molecule has 152 valence electrons. The van der Waals surface area contributed by atoms with E-state index in [1.165, 1.54) is 11.8 Å². The lowest BCUT2D eigenvalue weighted by atomic mass is 9.95. The van der Waals surface area contributed by atoms with Gasteiger partial charge in [0, 0.05) is 17.7 Å². The van der Waals surface area contributed by atoms with Gasteiger partial charge in [-0.05, 0) is 75.5 Å². The van der Waals surface area contributed by atoms with Crippen molar-refractivity contribution in [2.24, 2.45) is 5.92 Å². The fourth-order valence-corrected chi connectivity index (χ4v) is 6.16.